The lowest BCUT2D eigenvalue weighted by Gasteiger charge is -2.12. The van der Waals surface area contributed by atoms with Gasteiger partial charge in [-0.25, -0.2) is 10.9 Å². The van der Waals surface area contributed by atoms with Crippen LogP contribution in [0.3, 0.4) is 0 Å². The molecule has 2 aromatic carbocycles. The summed E-state index contributed by atoms with van der Waals surface area (Å²) in [7, 11) is 0. The highest BCUT2D eigenvalue weighted by Crippen LogP contribution is 2.20. The summed E-state index contributed by atoms with van der Waals surface area (Å²) in [6.45, 7) is 0. The van der Waals surface area contributed by atoms with E-state index in [1.54, 1.807) is 0 Å². The molecular weight excluding hydrogens is 274 g/mol. The molecule has 2 unspecified atom stereocenters. The summed E-state index contributed by atoms with van der Waals surface area (Å²) in [4.78, 5) is 12.0. The first-order chi connectivity index (χ1) is 10.8. The highest BCUT2D eigenvalue weighted by Gasteiger charge is 2.25. The molecule has 114 valence electrons. The average molecular weight is 295 g/mol. The Morgan fingerprint density at radius 3 is 2.41 bits per heavy atom. The lowest BCUT2D eigenvalue weighted by Crippen LogP contribution is -2.44. The number of nitrogens with one attached hydrogen (secondary N) is 3. The molecule has 3 N–H and O–H groups in total. The third-order valence-electron chi connectivity index (χ3n) is 3.92. The van der Waals surface area contributed by atoms with Gasteiger partial charge in [-0.2, -0.15) is 0 Å². The Balaban J connectivity index is 1.45. The number of aryl methyl sites for hydroxylation is 1. The number of amides is 1. The molecule has 1 aliphatic rings. The van der Waals surface area contributed by atoms with Crippen LogP contribution in [-0.2, 0) is 11.2 Å². The van der Waals surface area contributed by atoms with E-state index in [-0.39, 0.29) is 18.1 Å². The molecule has 4 heteroatoms. The fourth-order valence-electron chi connectivity index (χ4n) is 2.72. The van der Waals surface area contributed by atoms with E-state index < -0.39 is 0 Å². The predicted octanol–water partition coefficient (Wildman–Crippen LogP) is 2.30. The number of carbonyl (C=O) groups is 1. The van der Waals surface area contributed by atoms with Gasteiger partial charge in [-0.1, -0.05) is 60.7 Å². The van der Waals surface area contributed by atoms with Crippen LogP contribution in [-0.4, -0.2) is 12.1 Å². The molecule has 0 spiro atoms. The fourth-order valence-corrected chi connectivity index (χ4v) is 2.72. The van der Waals surface area contributed by atoms with Crippen molar-refractivity contribution >= 4 is 5.91 Å². The number of rotatable bonds is 5. The summed E-state index contributed by atoms with van der Waals surface area (Å²) >= 11 is 0. The van der Waals surface area contributed by atoms with Gasteiger partial charge in [-0.3, -0.25) is 4.79 Å². The van der Waals surface area contributed by atoms with Gasteiger partial charge in [0.2, 0.25) is 5.91 Å². The highest BCUT2D eigenvalue weighted by molar-refractivity contribution is 5.76. The summed E-state index contributed by atoms with van der Waals surface area (Å²) in [6, 6.07) is 20.6. The number of carbonyl (C=O) groups excluding carboxylic acids is 1. The van der Waals surface area contributed by atoms with Crippen molar-refractivity contribution in [2.45, 2.75) is 31.5 Å². The first kappa shape index (κ1) is 14.8. The van der Waals surface area contributed by atoms with Crippen LogP contribution in [0.5, 0.6) is 0 Å². The van der Waals surface area contributed by atoms with E-state index in [9.17, 15) is 4.79 Å². The first-order valence-corrected chi connectivity index (χ1v) is 7.70. The molecule has 0 aliphatic carbocycles. The first-order valence-electron chi connectivity index (χ1n) is 7.70. The van der Waals surface area contributed by atoms with Gasteiger partial charge in [0.25, 0.3) is 0 Å². The fraction of sp³-hybridized carbons (Fsp3) is 0.278. The molecule has 1 heterocycles. The smallest absolute Gasteiger partial charge is 0.221 e. The van der Waals surface area contributed by atoms with Crippen molar-refractivity contribution < 1.29 is 4.79 Å². The van der Waals surface area contributed by atoms with Gasteiger partial charge in [0.05, 0.1) is 6.17 Å². The molecule has 22 heavy (non-hydrogen) atoms. The van der Waals surface area contributed by atoms with Crippen molar-refractivity contribution in [3.63, 3.8) is 0 Å². The molecule has 4 nitrogen and oxygen atoms in total. The summed E-state index contributed by atoms with van der Waals surface area (Å²) in [5.41, 5.74) is 8.81. The Hall–Kier alpha value is -2.17. The summed E-state index contributed by atoms with van der Waals surface area (Å²) < 4.78 is 0. The van der Waals surface area contributed by atoms with Crippen LogP contribution in [0, 0.1) is 0 Å². The Labute approximate surface area is 130 Å². The van der Waals surface area contributed by atoms with Crippen molar-refractivity contribution in [2.24, 2.45) is 0 Å². The van der Waals surface area contributed by atoms with Crippen LogP contribution in [0.4, 0.5) is 0 Å². The molecule has 0 aromatic heterocycles. The Kier molecular flexibility index (Phi) is 4.83. The molecule has 1 aliphatic heterocycles. The zero-order valence-corrected chi connectivity index (χ0v) is 12.5. The predicted molar refractivity (Wildman–Crippen MR) is 86.8 cm³/mol. The van der Waals surface area contributed by atoms with Crippen LogP contribution in [0.15, 0.2) is 60.7 Å². The topological polar surface area (TPSA) is 53.2 Å². The van der Waals surface area contributed by atoms with E-state index in [4.69, 9.17) is 0 Å². The van der Waals surface area contributed by atoms with Gasteiger partial charge >= 0.3 is 0 Å². The molecular formula is C18H21N3O. The summed E-state index contributed by atoms with van der Waals surface area (Å²) in [6.07, 6.45) is 2.11. The lowest BCUT2D eigenvalue weighted by molar-refractivity contribution is -0.121. The number of hydrazine groups is 1. The zero-order chi connectivity index (χ0) is 15.2. The maximum absolute atomic E-state index is 12.0. The third kappa shape index (κ3) is 3.93. The normalized spacial score (nSPS) is 20.7. The molecule has 1 fully saturated rings. The maximum Gasteiger partial charge on any atom is 0.221 e. The van der Waals surface area contributed by atoms with Crippen molar-refractivity contribution in [2.75, 3.05) is 0 Å². The van der Waals surface area contributed by atoms with Gasteiger partial charge in [-0.15, -0.1) is 0 Å². The minimum Gasteiger partial charge on any atom is -0.339 e. The zero-order valence-electron chi connectivity index (χ0n) is 12.5. The van der Waals surface area contributed by atoms with Crippen LogP contribution in [0.2, 0.25) is 0 Å². The molecule has 1 saturated heterocycles. The van der Waals surface area contributed by atoms with E-state index in [2.05, 4.69) is 28.3 Å². The summed E-state index contributed by atoms with van der Waals surface area (Å²) in [5, 5.41) is 3.04. The highest BCUT2D eigenvalue weighted by atomic mass is 16.1. The molecule has 2 aromatic rings. The molecule has 0 bridgehead atoms. The van der Waals surface area contributed by atoms with Gasteiger partial charge < -0.3 is 5.32 Å². The lowest BCUT2D eigenvalue weighted by atomic mass is 10.0. The molecule has 0 radical (unpaired) electrons. The van der Waals surface area contributed by atoms with Crippen molar-refractivity contribution in [3.05, 3.63) is 71.8 Å². The van der Waals surface area contributed by atoms with Crippen LogP contribution < -0.4 is 16.2 Å². The third-order valence-corrected chi connectivity index (χ3v) is 3.92. The van der Waals surface area contributed by atoms with Gasteiger partial charge in [0.15, 0.2) is 0 Å². The second-order valence-electron chi connectivity index (χ2n) is 5.59. The van der Waals surface area contributed by atoms with E-state index in [1.165, 1.54) is 11.1 Å². The average Bonchev–Trinajstić information content (AvgIpc) is 3.03. The van der Waals surface area contributed by atoms with Crippen molar-refractivity contribution in [1.29, 1.82) is 0 Å². The van der Waals surface area contributed by atoms with Crippen LogP contribution in [0.1, 0.15) is 30.0 Å². The Morgan fingerprint density at radius 2 is 1.68 bits per heavy atom. The van der Waals surface area contributed by atoms with Crippen molar-refractivity contribution in [3.8, 4) is 0 Å². The number of hydrogen-bond donors (Lipinski definition) is 3. The standard InChI is InChI=1S/C18H21N3O/c22-18(12-11-14-7-3-1-4-8-14)19-17-13-16(20-21-17)15-9-5-2-6-10-15/h1-10,16-17,20-21H,11-13H2,(H,19,22). The second kappa shape index (κ2) is 7.20. The van der Waals surface area contributed by atoms with E-state index in [1.807, 2.05) is 48.5 Å². The number of benzene rings is 2. The molecule has 0 saturated carbocycles. The van der Waals surface area contributed by atoms with Crippen LogP contribution >= 0.6 is 0 Å². The molecule has 1 amide bonds. The molecule has 3 rings (SSSR count). The van der Waals surface area contributed by atoms with Gasteiger partial charge in [0.1, 0.15) is 0 Å². The molecule has 2 atom stereocenters. The van der Waals surface area contributed by atoms with E-state index >= 15 is 0 Å². The van der Waals surface area contributed by atoms with Gasteiger partial charge in [0, 0.05) is 18.9 Å². The van der Waals surface area contributed by atoms with E-state index in [0.29, 0.717) is 6.42 Å². The SMILES string of the molecule is O=C(CCc1ccccc1)NC1CC(c2ccccc2)NN1. The summed E-state index contributed by atoms with van der Waals surface area (Å²) in [5.74, 6) is 0.0804. The Morgan fingerprint density at radius 1 is 1.00 bits per heavy atom. The maximum atomic E-state index is 12.0. The van der Waals surface area contributed by atoms with Gasteiger partial charge in [-0.05, 0) is 17.5 Å². The Bertz CT molecular complexity index is 600. The van der Waals surface area contributed by atoms with Crippen LogP contribution in [0.25, 0.3) is 0 Å². The number of hydrogen-bond acceptors (Lipinski definition) is 3. The van der Waals surface area contributed by atoms with Crippen molar-refractivity contribution in [1.82, 2.24) is 16.2 Å². The van der Waals surface area contributed by atoms with E-state index in [0.717, 1.165) is 12.8 Å². The minimum absolute atomic E-state index is 0.0199. The quantitative estimate of drug-likeness (QED) is 0.793. The largest absolute Gasteiger partial charge is 0.339 e. The monoisotopic (exact) mass is 295 g/mol. The second-order valence-corrected chi connectivity index (χ2v) is 5.59. The minimum atomic E-state index is -0.0199.